The van der Waals surface area contributed by atoms with Crippen molar-refractivity contribution in [1.82, 2.24) is 9.97 Å². The summed E-state index contributed by atoms with van der Waals surface area (Å²) >= 11 is 12.2. The number of carbonyl (C=O) groups excluding carboxylic acids is 1. The Morgan fingerprint density at radius 3 is 2.36 bits per heavy atom. The molecule has 0 bridgehead atoms. The number of aromatic amines is 2. The lowest BCUT2D eigenvalue weighted by Gasteiger charge is -2.27. The quantitative estimate of drug-likeness (QED) is 0.570. The van der Waals surface area contributed by atoms with Crippen LogP contribution in [0.2, 0.25) is 10.0 Å². The largest absolute Gasteiger partial charge is 0.340 e. The van der Waals surface area contributed by atoms with Crippen LogP contribution in [0.1, 0.15) is 33.0 Å². The fourth-order valence-corrected chi connectivity index (χ4v) is 4.18. The number of H-pyrrole nitrogens is 2. The molecule has 0 spiro atoms. The first-order valence-corrected chi connectivity index (χ1v) is 9.18. The summed E-state index contributed by atoms with van der Waals surface area (Å²) in [7, 11) is 0. The lowest BCUT2D eigenvalue weighted by Crippen LogP contribution is -2.33. The maximum Gasteiger partial charge on any atom is 0.327 e. The van der Waals surface area contributed by atoms with Crippen molar-refractivity contribution >= 4 is 40.5 Å². The van der Waals surface area contributed by atoms with Crippen LogP contribution < -0.4 is 16.6 Å². The van der Waals surface area contributed by atoms with Crippen molar-refractivity contribution in [3.05, 3.63) is 101 Å². The molecule has 6 nitrogen and oxygen atoms in total. The molecule has 8 heteroatoms. The predicted molar refractivity (Wildman–Crippen MR) is 107 cm³/mol. The lowest BCUT2D eigenvalue weighted by atomic mass is 9.82. The number of allylic oxidation sites excluding steroid dienone is 1. The van der Waals surface area contributed by atoms with Crippen LogP contribution in [-0.2, 0) is 0 Å². The molecule has 0 amide bonds. The van der Waals surface area contributed by atoms with Crippen molar-refractivity contribution in [3.63, 3.8) is 0 Å². The second kappa shape index (κ2) is 5.95. The Bertz CT molecular complexity index is 1340. The van der Waals surface area contributed by atoms with E-state index < -0.39 is 17.2 Å². The monoisotopic (exact) mass is 411 g/mol. The third kappa shape index (κ3) is 2.32. The van der Waals surface area contributed by atoms with Crippen molar-refractivity contribution < 1.29 is 4.79 Å². The summed E-state index contributed by atoms with van der Waals surface area (Å²) in [6.45, 7) is 0. The summed E-state index contributed by atoms with van der Waals surface area (Å²) in [5.41, 5.74) is 1.94. The molecule has 3 aromatic rings. The van der Waals surface area contributed by atoms with Gasteiger partial charge >= 0.3 is 5.69 Å². The molecule has 1 aliphatic heterocycles. The van der Waals surface area contributed by atoms with Gasteiger partial charge in [-0.3, -0.25) is 19.6 Å². The van der Waals surface area contributed by atoms with E-state index in [1.54, 1.807) is 30.3 Å². The molecule has 1 aromatic heterocycles. The Labute approximate surface area is 167 Å². The molecule has 28 heavy (non-hydrogen) atoms. The smallest absolute Gasteiger partial charge is 0.327 e. The van der Waals surface area contributed by atoms with Gasteiger partial charge in [0.25, 0.3) is 5.56 Å². The highest BCUT2D eigenvalue weighted by atomic mass is 35.5. The van der Waals surface area contributed by atoms with Crippen molar-refractivity contribution in [2.75, 3.05) is 5.32 Å². The minimum absolute atomic E-state index is 0.176. The molecule has 0 fully saturated rings. The third-order valence-electron chi connectivity index (χ3n) is 5.04. The molecule has 2 aromatic carbocycles. The minimum atomic E-state index is -0.707. The van der Waals surface area contributed by atoms with Crippen LogP contribution >= 0.6 is 23.2 Å². The normalized spacial score (nSPS) is 17.1. The van der Waals surface area contributed by atoms with Gasteiger partial charge in [0.1, 0.15) is 5.82 Å². The van der Waals surface area contributed by atoms with Gasteiger partial charge < -0.3 is 5.32 Å². The molecule has 0 unspecified atom stereocenters. The topological polar surface area (TPSA) is 94.8 Å². The molecule has 0 saturated heterocycles. The Morgan fingerprint density at radius 2 is 1.61 bits per heavy atom. The zero-order valence-electron chi connectivity index (χ0n) is 14.1. The van der Waals surface area contributed by atoms with Gasteiger partial charge in [0, 0.05) is 22.6 Å². The van der Waals surface area contributed by atoms with Gasteiger partial charge in [0.05, 0.1) is 21.3 Å². The number of benzene rings is 2. The van der Waals surface area contributed by atoms with Crippen LogP contribution in [0.15, 0.2) is 57.6 Å². The Kier molecular flexibility index (Phi) is 3.62. The Morgan fingerprint density at radius 1 is 0.857 bits per heavy atom. The van der Waals surface area contributed by atoms with Crippen molar-refractivity contribution in [2.24, 2.45) is 0 Å². The van der Waals surface area contributed by atoms with E-state index in [0.717, 1.165) is 5.56 Å². The van der Waals surface area contributed by atoms with Crippen molar-refractivity contribution in [3.8, 4) is 0 Å². The van der Waals surface area contributed by atoms with E-state index in [4.69, 9.17) is 23.2 Å². The highest BCUT2D eigenvalue weighted by molar-refractivity contribution is 6.42. The summed E-state index contributed by atoms with van der Waals surface area (Å²) in [5.74, 6) is -0.625. The van der Waals surface area contributed by atoms with Crippen LogP contribution in [0, 0.1) is 0 Å². The van der Waals surface area contributed by atoms with E-state index in [9.17, 15) is 14.4 Å². The fourth-order valence-electron chi connectivity index (χ4n) is 3.88. The number of nitrogens with one attached hydrogen (secondary N) is 3. The summed E-state index contributed by atoms with van der Waals surface area (Å²) in [6, 6.07) is 12.1. The van der Waals surface area contributed by atoms with Gasteiger partial charge in [-0.15, -0.1) is 0 Å². The first kappa shape index (κ1) is 17.0. The molecule has 0 radical (unpaired) electrons. The second-order valence-corrected chi connectivity index (χ2v) is 7.41. The fraction of sp³-hybridized carbons (Fsp3) is 0.0500. The maximum atomic E-state index is 13.2. The first-order valence-electron chi connectivity index (χ1n) is 8.42. The number of carbonyl (C=O) groups is 1. The van der Waals surface area contributed by atoms with Crippen LogP contribution in [-0.4, -0.2) is 15.8 Å². The van der Waals surface area contributed by atoms with E-state index >= 15 is 0 Å². The van der Waals surface area contributed by atoms with Crippen LogP contribution in [0.3, 0.4) is 0 Å². The van der Waals surface area contributed by atoms with Gasteiger partial charge in [-0.05, 0) is 17.7 Å². The minimum Gasteiger partial charge on any atom is -0.340 e. The molecule has 1 atom stereocenters. The summed E-state index contributed by atoms with van der Waals surface area (Å²) in [6.07, 6.45) is 0. The first-order chi connectivity index (χ1) is 13.5. The SMILES string of the molecule is O=C1C2=C(Nc3[nH]c(=O)[nH]c(=O)c3[C@H]2c2ccc(Cl)c(Cl)c2)c2ccccc21. The Hall–Kier alpha value is -3.09. The van der Waals surface area contributed by atoms with E-state index in [-0.39, 0.29) is 17.2 Å². The van der Waals surface area contributed by atoms with Crippen molar-refractivity contribution in [2.45, 2.75) is 5.92 Å². The average Bonchev–Trinajstić information content (AvgIpc) is 2.95. The average molecular weight is 412 g/mol. The van der Waals surface area contributed by atoms with Crippen LogP contribution in [0.5, 0.6) is 0 Å². The van der Waals surface area contributed by atoms with Gasteiger partial charge in [-0.1, -0.05) is 53.5 Å². The van der Waals surface area contributed by atoms with Gasteiger partial charge in [0.15, 0.2) is 5.78 Å². The number of Topliss-reactive ketones (excluding diaryl/α,β-unsaturated/α-hetero) is 1. The maximum absolute atomic E-state index is 13.2. The number of hydrogen-bond donors (Lipinski definition) is 3. The van der Waals surface area contributed by atoms with E-state index in [2.05, 4.69) is 15.3 Å². The third-order valence-corrected chi connectivity index (χ3v) is 5.78. The second-order valence-electron chi connectivity index (χ2n) is 6.59. The summed E-state index contributed by atoms with van der Waals surface area (Å²) < 4.78 is 0. The molecule has 3 N–H and O–H groups in total. The molecule has 2 heterocycles. The standard InChI is InChI=1S/C20H11Cl2N3O3/c21-11-6-5-8(7-12(11)22)13-14-16(9-3-1-2-4-10(9)17(14)26)23-18-15(13)19(27)25-20(28)24-18/h1-7,13H,(H3,23,24,25,27,28)/t13-/m0/s1. The molecule has 0 saturated carbocycles. The molecule has 1 aliphatic carbocycles. The highest BCUT2D eigenvalue weighted by Gasteiger charge is 2.41. The number of rotatable bonds is 1. The van der Waals surface area contributed by atoms with Crippen molar-refractivity contribution in [1.29, 1.82) is 0 Å². The number of hydrogen-bond acceptors (Lipinski definition) is 4. The number of halogens is 2. The summed E-state index contributed by atoms with van der Waals surface area (Å²) in [4.78, 5) is 42.6. The summed E-state index contributed by atoms with van der Waals surface area (Å²) in [5, 5.41) is 3.75. The molecule has 5 rings (SSSR count). The molecule has 138 valence electrons. The highest BCUT2D eigenvalue weighted by Crippen LogP contribution is 2.47. The number of ketones is 1. The Balaban J connectivity index is 1.85. The molecule has 2 aliphatic rings. The van der Waals surface area contributed by atoms with E-state index in [1.165, 1.54) is 0 Å². The van der Waals surface area contributed by atoms with Gasteiger partial charge in [-0.25, -0.2) is 4.79 Å². The number of aromatic nitrogens is 2. The van der Waals surface area contributed by atoms with Gasteiger partial charge in [-0.2, -0.15) is 0 Å². The zero-order chi connectivity index (χ0) is 19.6. The lowest BCUT2D eigenvalue weighted by molar-refractivity contribution is 0.103. The predicted octanol–water partition coefficient (Wildman–Crippen LogP) is 3.54. The molecular formula is C20H11Cl2N3O3. The van der Waals surface area contributed by atoms with E-state index in [0.29, 0.717) is 32.4 Å². The van der Waals surface area contributed by atoms with E-state index in [1.807, 2.05) is 12.1 Å². The number of anilines is 1. The zero-order valence-corrected chi connectivity index (χ0v) is 15.6. The van der Waals surface area contributed by atoms with Gasteiger partial charge in [0.2, 0.25) is 0 Å². The number of fused-ring (bicyclic) bond motifs is 3. The van der Waals surface area contributed by atoms with Crippen LogP contribution in [0.4, 0.5) is 5.82 Å². The molecular weight excluding hydrogens is 401 g/mol. The van der Waals surface area contributed by atoms with Crippen LogP contribution in [0.25, 0.3) is 5.70 Å².